The summed E-state index contributed by atoms with van der Waals surface area (Å²) in [6, 6.07) is 10.3. The molecular weight excluding hydrogens is 673 g/mol. The number of piperidine rings is 2. The second-order valence-electron chi connectivity index (χ2n) is 12.7. The molecule has 3 aromatic carbocycles. The van der Waals surface area contributed by atoms with E-state index in [9.17, 15) is 37.5 Å². The lowest BCUT2D eigenvalue weighted by Crippen LogP contribution is -2.44. The van der Waals surface area contributed by atoms with Crippen molar-refractivity contribution in [2.24, 2.45) is 7.05 Å². The molecule has 0 radical (unpaired) electrons. The normalized spacial score (nSPS) is 20.8. The Labute approximate surface area is 284 Å². The standard InChI is InChI=1S/C33H32FN7O8S/c1-17-11-19(18-3-6-23-25(13-18)38(2)33(47)41(23)24-7-8-27(43)36-32(24)46)9-10-39(17)15-28(44)35-21-4-5-22-20(12-21)14-26(42)31(30(22)34)40-16-29(45)37-50(40,48)49/h3-6,12-14,19,24,42H,1,7-11,15-16H2,2H3,(H,35,44)(H,37,45)(H,36,43,46). The number of imide groups is 1. The van der Waals surface area contributed by atoms with Crippen LogP contribution in [-0.2, 0) is 36.4 Å². The Morgan fingerprint density at radius 2 is 1.84 bits per heavy atom. The molecule has 260 valence electrons. The van der Waals surface area contributed by atoms with E-state index < -0.39 is 51.9 Å². The highest BCUT2D eigenvalue weighted by molar-refractivity contribution is 7.92. The van der Waals surface area contributed by atoms with Crippen molar-refractivity contribution in [2.75, 3.05) is 29.3 Å². The molecular formula is C33H32FN7O8S. The second kappa shape index (κ2) is 12.0. The molecule has 1 aromatic heterocycles. The second-order valence-corrected chi connectivity index (χ2v) is 14.3. The maximum Gasteiger partial charge on any atom is 0.329 e. The van der Waals surface area contributed by atoms with Crippen molar-refractivity contribution >= 4 is 67.0 Å². The number of aryl methyl sites for hydroxylation is 1. The van der Waals surface area contributed by atoms with Crippen LogP contribution in [0.3, 0.4) is 0 Å². The molecule has 50 heavy (non-hydrogen) atoms. The van der Waals surface area contributed by atoms with Crippen LogP contribution in [0.4, 0.5) is 15.8 Å². The lowest BCUT2D eigenvalue weighted by atomic mass is 9.87. The van der Waals surface area contributed by atoms with Crippen LogP contribution in [0, 0.1) is 5.82 Å². The largest absolute Gasteiger partial charge is 0.506 e. The summed E-state index contributed by atoms with van der Waals surface area (Å²) in [5.41, 5.74) is 2.32. The minimum atomic E-state index is -4.35. The Hall–Kier alpha value is -5.71. The number of carbonyl (C=O) groups excluding carboxylic acids is 4. The minimum Gasteiger partial charge on any atom is -0.506 e. The molecule has 0 saturated carbocycles. The van der Waals surface area contributed by atoms with Crippen molar-refractivity contribution in [1.82, 2.24) is 24.1 Å². The van der Waals surface area contributed by atoms with Crippen LogP contribution in [0.25, 0.3) is 21.8 Å². The minimum absolute atomic E-state index is 0.00166. The number of likely N-dealkylation sites (tertiary alicyclic amines) is 1. The fourth-order valence-corrected chi connectivity index (χ4v) is 8.16. The summed E-state index contributed by atoms with van der Waals surface area (Å²) in [6.07, 6.45) is 1.66. The summed E-state index contributed by atoms with van der Waals surface area (Å²) in [4.78, 5) is 63.9. The van der Waals surface area contributed by atoms with Crippen LogP contribution in [0.15, 0.2) is 59.5 Å². The number of anilines is 2. The molecule has 2 unspecified atom stereocenters. The number of nitrogens with one attached hydrogen (secondary N) is 3. The first-order valence-corrected chi connectivity index (χ1v) is 17.2. The number of imidazole rings is 1. The zero-order valence-electron chi connectivity index (χ0n) is 26.7. The highest BCUT2D eigenvalue weighted by atomic mass is 32.2. The number of allylic oxidation sites excluding steroid dienone is 1. The van der Waals surface area contributed by atoms with Crippen molar-refractivity contribution in [1.29, 1.82) is 0 Å². The van der Waals surface area contributed by atoms with Crippen LogP contribution < -0.4 is 25.4 Å². The molecule has 4 heterocycles. The summed E-state index contributed by atoms with van der Waals surface area (Å²) in [5.74, 6) is -3.73. The lowest BCUT2D eigenvalue weighted by Gasteiger charge is -2.35. The van der Waals surface area contributed by atoms with E-state index in [2.05, 4.69) is 17.2 Å². The number of rotatable bonds is 6. The third-order valence-electron chi connectivity index (χ3n) is 9.50. The molecule has 4 aromatic rings. The molecule has 3 fully saturated rings. The molecule has 15 nitrogen and oxygen atoms in total. The number of carbonyl (C=O) groups is 4. The van der Waals surface area contributed by atoms with Gasteiger partial charge in [0.05, 0.1) is 17.6 Å². The molecule has 2 atom stereocenters. The zero-order valence-corrected chi connectivity index (χ0v) is 27.5. The van der Waals surface area contributed by atoms with Gasteiger partial charge in [-0.15, -0.1) is 0 Å². The number of hydrogen-bond acceptors (Lipinski definition) is 9. The van der Waals surface area contributed by atoms with Gasteiger partial charge in [0.2, 0.25) is 17.7 Å². The fraction of sp³-hybridized carbons (Fsp3) is 0.303. The average molecular weight is 706 g/mol. The van der Waals surface area contributed by atoms with Gasteiger partial charge in [0.25, 0.3) is 5.91 Å². The fourth-order valence-electron chi connectivity index (χ4n) is 7.00. The number of phenols is 1. The van der Waals surface area contributed by atoms with E-state index >= 15 is 4.39 Å². The molecule has 4 N–H and O–H groups in total. The molecule has 7 rings (SSSR count). The Morgan fingerprint density at radius 1 is 1.06 bits per heavy atom. The van der Waals surface area contributed by atoms with Gasteiger partial charge in [0.15, 0.2) is 5.82 Å². The monoisotopic (exact) mass is 705 g/mol. The van der Waals surface area contributed by atoms with Crippen LogP contribution >= 0.6 is 0 Å². The van der Waals surface area contributed by atoms with E-state index in [1.54, 1.807) is 11.8 Å². The number of amides is 4. The van der Waals surface area contributed by atoms with E-state index in [4.69, 9.17) is 0 Å². The summed E-state index contributed by atoms with van der Waals surface area (Å²) < 4.78 is 45.0. The van der Waals surface area contributed by atoms with E-state index in [1.807, 2.05) is 23.1 Å². The number of phenolic OH excluding ortho intramolecular Hbond substituents is 1. The molecule has 0 spiro atoms. The highest BCUT2D eigenvalue weighted by Crippen LogP contribution is 2.39. The van der Waals surface area contributed by atoms with Gasteiger partial charge in [0, 0.05) is 36.8 Å². The van der Waals surface area contributed by atoms with Gasteiger partial charge < -0.3 is 15.3 Å². The molecule has 3 aliphatic rings. The van der Waals surface area contributed by atoms with Gasteiger partial charge in [-0.25, -0.2) is 18.2 Å². The predicted molar refractivity (Wildman–Crippen MR) is 180 cm³/mol. The molecule has 0 aliphatic carbocycles. The van der Waals surface area contributed by atoms with Crippen LogP contribution in [-0.4, -0.2) is 70.8 Å². The first kappa shape index (κ1) is 32.8. The maximum atomic E-state index is 15.4. The average Bonchev–Trinajstić information content (AvgIpc) is 3.46. The van der Waals surface area contributed by atoms with Gasteiger partial charge in [-0.1, -0.05) is 12.6 Å². The van der Waals surface area contributed by atoms with Crippen LogP contribution in [0.5, 0.6) is 5.75 Å². The van der Waals surface area contributed by atoms with E-state index in [1.165, 1.54) is 27.3 Å². The number of aromatic hydroxyl groups is 1. The third-order valence-corrected chi connectivity index (χ3v) is 10.9. The van der Waals surface area contributed by atoms with Gasteiger partial charge in [0.1, 0.15) is 24.0 Å². The van der Waals surface area contributed by atoms with Crippen molar-refractivity contribution in [3.63, 3.8) is 0 Å². The molecule has 3 aliphatic heterocycles. The Bertz CT molecular complexity index is 2350. The molecule has 0 bridgehead atoms. The smallest absolute Gasteiger partial charge is 0.329 e. The zero-order chi connectivity index (χ0) is 35.6. The first-order chi connectivity index (χ1) is 23.7. The van der Waals surface area contributed by atoms with Crippen molar-refractivity contribution < 1.29 is 37.1 Å². The third kappa shape index (κ3) is 5.62. The van der Waals surface area contributed by atoms with Gasteiger partial charge in [-0.2, -0.15) is 8.42 Å². The number of aromatic nitrogens is 2. The SMILES string of the molecule is C=C1CC(c2ccc3c(c2)n(C)c(=O)n3C2CCC(=O)NC2=O)CCN1CC(=O)Nc1ccc2c(F)c(N3CC(=O)NS3(=O)=O)c(O)cc2c1. The van der Waals surface area contributed by atoms with Crippen molar-refractivity contribution in [3.8, 4) is 5.75 Å². The number of benzene rings is 3. The quantitative estimate of drug-likeness (QED) is 0.217. The topological polar surface area (TPSA) is 192 Å². The van der Waals surface area contributed by atoms with E-state index in [0.29, 0.717) is 40.4 Å². The number of halogens is 1. The maximum absolute atomic E-state index is 15.4. The highest BCUT2D eigenvalue weighted by Gasteiger charge is 2.38. The molecule has 4 amide bonds. The van der Waals surface area contributed by atoms with E-state index in [0.717, 1.165) is 17.3 Å². The number of fused-ring (bicyclic) bond motifs is 2. The van der Waals surface area contributed by atoms with Crippen LogP contribution in [0.1, 0.15) is 43.2 Å². The molecule has 3 saturated heterocycles. The van der Waals surface area contributed by atoms with Crippen LogP contribution in [0.2, 0.25) is 0 Å². The molecule has 17 heteroatoms. The first-order valence-electron chi connectivity index (χ1n) is 15.8. The number of hydrogen-bond donors (Lipinski definition) is 4. The Morgan fingerprint density at radius 3 is 2.54 bits per heavy atom. The number of nitrogens with zero attached hydrogens (tertiary/aromatic N) is 4. The van der Waals surface area contributed by atoms with Gasteiger partial charge in [-0.05, 0) is 72.5 Å². The van der Waals surface area contributed by atoms with Crippen molar-refractivity contribution in [2.45, 2.75) is 37.6 Å². The predicted octanol–water partition coefficient (Wildman–Crippen LogP) is 1.83. The van der Waals surface area contributed by atoms with Gasteiger partial charge in [-0.3, -0.25) is 33.6 Å². The summed E-state index contributed by atoms with van der Waals surface area (Å²) in [5, 5.41) is 15.8. The lowest BCUT2D eigenvalue weighted by molar-refractivity contribution is -0.135. The van der Waals surface area contributed by atoms with Gasteiger partial charge >= 0.3 is 15.9 Å². The Balaban J connectivity index is 1.02. The summed E-state index contributed by atoms with van der Waals surface area (Å²) in [6.45, 7) is 4.05. The van der Waals surface area contributed by atoms with E-state index in [-0.39, 0.29) is 53.6 Å². The Kier molecular flexibility index (Phi) is 7.88. The van der Waals surface area contributed by atoms with Crippen molar-refractivity contribution in [3.05, 3.63) is 76.6 Å². The summed E-state index contributed by atoms with van der Waals surface area (Å²) >= 11 is 0. The summed E-state index contributed by atoms with van der Waals surface area (Å²) in [7, 11) is -2.71.